The van der Waals surface area contributed by atoms with Crippen LogP contribution in [0.3, 0.4) is 0 Å². The summed E-state index contributed by atoms with van der Waals surface area (Å²) >= 11 is 0. The Morgan fingerprint density at radius 2 is 2.25 bits per heavy atom. The Labute approximate surface area is 45.5 Å². The summed E-state index contributed by atoms with van der Waals surface area (Å²) in [4.78, 5) is 4.45. The molecule has 0 aliphatic heterocycles. The molecular formula is CH2N2O4S. The van der Waals surface area contributed by atoms with Crippen molar-refractivity contribution in [2.45, 2.75) is 0 Å². The van der Waals surface area contributed by atoms with Crippen molar-refractivity contribution in [3.05, 3.63) is 0 Å². The Balaban J connectivity index is 3.63. The van der Waals surface area contributed by atoms with Crippen LogP contribution in [-0.2, 0) is 15.1 Å². The van der Waals surface area contributed by atoms with Gasteiger partial charge in [-0.1, -0.05) is 0 Å². The third-order valence-corrected chi connectivity index (χ3v) is 0.487. The van der Waals surface area contributed by atoms with Crippen LogP contribution >= 0.6 is 0 Å². The maximum atomic E-state index is 9.56. The number of hydrogen-bond donors (Lipinski definition) is 2. The highest BCUT2D eigenvalue weighted by atomic mass is 32.2. The molecule has 0 aliphatic carbocycles. The molecular weight excluding hydrogens is 136 g/mol. The van der Waals surface area contributed by atoms with Crippen molar-refractivity contribution >= 4 is 10.3 Å². The highest BCUT2D eigenvalue weighted by molar-refractivity contribution is 7.83. The van der Waals surface area contributed by atoms with Gasteiger partial charge in [-0.25, -0.2) is 0 Å². The molecule has 0 aromatic rings. The number of nitriles is 1. The van der Waals surface area contributed by atoms with Crippen LogP contribution in [0, 0.1) is 11.5 Å². The van der Waals surface area contributed by atoms with Gasteiger partial charge in [-0.05, 0) is 4.89 Å². The first-order chi connectivity index (χ1) is 3.56. The molecule has 6 nitrogen and oxygen atoms in total. The molecule has 0 fully saturated rings. The van der Waals surface area contributed by atoms with E-state index in [0.717, 1.165) is 11.1 Å². The second-order valence-electron chi connectivity index (χ2n) is 0.752. The third kappa shape index (κ3) is 5.16. The zero-order valence-electron chi connectivity index (χ0n) is 3.53. The predicted octanol–water partition coefficient (Wildman–Crippen LogP) is -1.21. The van der Waals surface area contributed by atoms with E-state index >= 15 is 0 Å². The van der Waals surface area contributed by atoms with Crippen LogP contribution in [0.1, 0.15) is 0 Å². The topological polar surface area (TPSA) is 99.4 Å². The first-order valence-electron chi connectivity index (χ1n) is 1.35. The van der Waals surface area contributed by atoms with Crippen LogP contribution in [0.4, 0.5) is 0 Å². The number of nitrogens with zero attached hydrogens (tertiary/aromatic N) is 1. The fourth-order valence-electron chi connectivity index (χ4n) is 0.0713. The van der Waals surface area contributed by atoms with Crippen LogP contribution in [0.15, 0.2) is 0 Å². The van der Waals surface area contributed by atoms with Crippen LogP contribution in [-0.4, -0.2) is 13.0 Å². The SMILES string of the molecule is N#CONS(=O)(=O)O. The molecule has 2 N–H and O–H groups in total. The normalized spacial score (nSPS) is 10.0. The fraction of sp³-hybridized carbons (Fsp3) is 0. The Morgan fingerprint density at radius 1 is 1.75 bits per heavy atom. The molecule has 0 radical (unpaired) electrons. The van der Waals surface area contributed by atoms with Crippen LogP contribution in [0.25, 0.3) is 0 Å². The predicted molar refractivity (Wildman–Crippen MR) is 21.4 cm³/mol. The fourth-order valence-corrected chi connectivity index (χ4v) is 0.214. The molecule has 0 atom stereocenters. The van der Waals surface area contributed by atoms with E-state index in [4.69, 9.17) is 9.81 Å². The van der Waals surface area contributed by atoms with Gasteiger partial charge < -0.3 is 4.84 Å². The van der Waals surface area contributed by atoms with E-state index in [2.05, 4.69) is 4.84 Å². The first-order valence-corrected chi connectivity index (χ1v) is 2.79. The summed E-state index contributed by atoms with van der Waals surface area (Å²) in [6.07, 6.45) is 0.974. The molecule has 0 heterocycles. The Kier molecular flexibility index (Phi) is 2.20. The van der Waals surface area contributed by atoms with E-state index < -0.39 is 10.3 Å². The van der Waals surface area contributed by atoms with Crippen LogP contribution in [0.2, 0.25) is 0 Å². The maximum Gasteiger partial charge on any atom is 0.365 e. The smallest absolute Gasteiger partial charge is 0.313 e. The van der Waals surface area contributed by atoms with Gasteiger partial charge in [-0.2, -0.15) is 8.42 Å². The third-order valence-electron chi connectivity index (χ3n) is 0.193. The highest BCUT2D eigenvalue weighted by Crippen LogP contribution is 1.69. The minimum atomic E-state index is -4.38. The lowest BCUT2D eigenvalue weighted by Crippen LogP contribution is -2.20. The molecule has 0 amide bonds. The molecule has 0 aromatic carbocycles. The second kappa shape index (κ2) is 2.46. The molecule has 0 saturated heterocycles. The monoisotopic (exact) mass is 138 g/mol. The van der Waals surface area contributed by atoms with Crippen molar-refractivity contribution in [1.29, 1.82) is 5.26 Å². The van der Waals surface area contributed by atoms with E-state index in [1.807, 2.05) is 0 Å². The zero-order valence-corrected chi connectivity index (χ0v) is 4.34. The first kappa shape index (κ1) is 7.16. The van der Waals surface area contributed by atoms with Crippen molar-refractivity contribution < 1.29 is 17.8 Å². The minimum Gasteiger partial charge on any atom is -0.313 e. The molecule has 0 saturated carbocycles. The minimum absolute atomic E-state index is 0.974. The zero-order chi connectivity index (χ0) is 6.62. The van der Waals surface area contributed by atoms with Crippen molar-refractivity contribution in [1.82, 2.24) is 4.89 Å². The summed E-state index contributed by atoms with van der Waals surface area (Å²) in [5.74, 6) is 0. The molecule has 46 valence electrons. The molecule has 8 heavy (non-hydrogen) atoms. The van der Waals surface area contributed by atoms with Gasteiger partial charge >= 0.3 is 16.6 Å². The summed E-state index contributed by atoms with van der Waals surface area (Å²) in [7, 11) is -4.38. The molecule has 7 heteroatoms. The van der Waals surface area contributed by atoms with Gasteiger partial charge in [-0.15, -0.1) is 5.26 Å². The number of nitrogens with one attached hydrogen (secondary N) is 1. The van der Waals surface area contributed by atoms with E-state index in [0.29, 0.717) is 0 Å². The summed E-state index contributed by atoms with van der Waals surface area (Å²) in [5.41, 5.74) is 0. The molecule has 0 aromatic heterocycles. The average molecular weight is 138 g/mol. The average Bonchev–Trinajstić information content (AvgIpc) is 1.59. The van der Waals surface area contributed by atoms with Gasteiger partial charge in [0.2, 0.25) is 0 Å². The van der Waals surface area contributed by atoms with Gasteiger partial charge in [0, 0.05) is 0 Å². The lowest BCUT2D eigenvalue weighted by molar-refractivity contribution is 0.208. The number of hydrogen-bond acceptors (Lipinski definition) is 4. The second-order valence-corrected chi connectivity index (χ2v) is 1.87. The molecule has 0 aliphatic rings. The summed E-state index contributed by atoms with van der Waals surface area (Å²) in [5, 5.41) is 7.52. The van der Waals surface area contributed by atoms with Crippen LogP contribution in [0.5, 0.6) is 0 Å². The lowest BCUT2D eigenvalue weighted by atomic mass is 11.6. The molecule has 0 spiro atoms. The van der Waals surface area contributed by atoms with Crippen LogP contribution < -0.4 is 4.89 Å². The van der Waals surface area contributed by atoms with Gasteiger partial charge in [0.25, 0.3) is 0 Å². The summed E-state index contributed by atoms with van der Waals surface area (Å²) in [6.45, 7) is 0. The Morgan fingerprint density at radius 3 is 2.38 bits per heavy atom. The summed E-state index contributed by atoms with van der Waals surface area (Å²) in [6, 6.07) is 0. The highest BCUT2D eigenvalue weighted by Gasteiger charge is 1.99. The van der Waals surface area contributed by atoms with Gasteiger partial charge in [0.15, 0.2) is 0 Å². The van der Waals surface area contributed by atoms with E-state index in [1.165, 1.54) is 0 Å². The van der Waals surface area contributed by atoms with E-state index in [-0.39, 0.29) is 0 Å². The Bertz CT molecular complexity index is 187. The quantitative estimate of drug-likeness (QED) is 0.283. The van der Waals surface area contributed by atoms with E-state index in [1.54, 1.807) is 0 Å². The molecule has 0 unspecified atom stereocenters. The lowest BCUT2D eigenvalue weighted by Gasteiger charge is -1.89. The molecule has 0 rings (SSSR count). The van der Waals surface area contributed by atoms with Crippen molar-refractivity contribution in [3.63, 3.8) is 0 Å². The maximum absolute atomic E-state index is 9.56. The van der Waals surface area contributed by atoms with Crippen molar-refractivity contribution in [3.8, 4) is 6.26 Å². The van der Waals surface area contributed by atoms with Crippen molar-refractivity contribution in [2.24, 2.45) is 0 Å². The van der Waals surface area contributed by atoms with Gasteiger partial charge in [-0.3, -0.25) is 4.55 Å². The summed E-state index contributed by atoms with van der Waals surface area (Å²) < 4.78 is 26.9. The molecule has 0 bridgehead atoms. The van der Waals surface area contributed by atoms with Crippen molar-refractivity contribution in [2.75, 3.05) is 0 Å². The van der Waals surface area contributed by atoms with Gasteiger partial charge in [0.1, 0.15) is 0 Å². The van der Waals surface area contributed by atoms with Gasteiger partial charge in [0.05, 0.1) is 0 Å². The van der Waals surface area contributed by atoms with E-state index in [9.17, 15) is 8.42 Å². The Hall–Kier alpha value is -0.840. The number of rotatable bonds is 2. The largest absolute Gasteiger partial charge is 0.365 e. The standard InChI is InChI=1S/CH2N2O4S/c2-1-7-3-8(4,5)6/h3H,(H,4,5,6).